The molecule has 0 amide bonds. The topological polar surface area (TPSA) is 17.1 Å². The van der Waals surface area contributed by atoms with Crippen LogP contribution in [0.25, 0.3) is 0 Å². The van der Waals surface area contributed by atoms with E-state index in [0.717, 1.165) is 5.75 Å². The zero-order chi connectivity index (χ0) is 5.70. The molecule has 0 N–H and O–H groups in total. The minimum absolute atomic E-state index is 0.737. The highest BCUT2D eigenvalue weighted by Gasteiger charge is 1.84. The summed E-state index contributed by atoms with van der Waals surface area (Å²) in [6, 6.07) is 0. The van der Waals surface area contributed by atoms with E-state index >= 15 is 0 Å². The van der Waals surface area contributed by atoms with Crippen LogP contribution in [0.1, 0.15) is 0 Å². The van der Waals surface area contributed by atoms with Crippen LogP contribution in [0.2, 0.25) is 0 Å². The molecule has 0 aliphatic rings. The monoisotopic (exact) mass is 154 g/mol. The summed E-state index contributed by atoms with van der Waals surface area (Å²) in [5.41, 5.74) is 0. The number of hydrogen-bond acceptors (Lipinski definition) is 2. The summed E-state index contributed by atoms with van der Waals surface area (Å²) >= 11 is 5.02. The molecule has 0 saturated carbocycles. The fourth-order valence-electron chi connectivity index (χ4n) is 0.130. The minimum Gasteiger partial charge on any atom is -0.304 e. The van der Waals surface area contributed by atoms with Crippen LogP contribution in [-0.2, 0) is 4.57 Å². The number of thiol groups is 1. The van der Waals surface area contributed by atoms with Crippen molar-refractivity contribution in [1.29, 1.82) is 0 Å². The van der Waals surface area contributed by atoms with Crippen LogP contribution < -0.4 is 0 Å². The Hall–Kier alpha value is 0.670. The lowest BCUT2D eigenvalue weighted by atomic mass is 10.8. The van der Waals surface area contributed by atoms with Gasteiger partial charge in [0, 0.05) is 5.75 Å². The van der Waals surface area contributed by atoms with E-state index in [1.54, 1.807) is 6.08 Å². The van der Waals surface area contributed by atoms with E-state index in [0.29, 0.717) is 0 Å². The van der Waals surface area contributed by atoms with E-state index in [9.17, 15) is 4.57 Å². The molecule has 0 aromatic heterocycles. The maximum atomic E-state index is 10.2. The minimum atomic E-state index is -1.61. The van der Waals surface area contributed by atoms with Crippen LogP contribution in [0.5, 0.6) is 0 Å². The Morgan fingerprint density at radius 3 is 2.71 bits per heavy atom. The summed E-state index contributed by atoms with van der Waals surface area (Å²) < 4.78 is 10.2. The Kier molecular flexibility index (Phi) is 5.28. The summed E-state index contributed by atoms with van der Waals surface area (Å²) in [5, 5.41) is 0. The highest BCUT2D eigenvalue weighted by Crippen LogP contribution is 2.41. The molecule has 1 atom stereocenters. The molecule has 0 spiro atoms. The van der Waals surface area contributed by atoms with Gasteiger partial charge < -0.3 is 4.57 Å². The third-order valence-corrected chi connectivity index (χ3v) is 3.38. The fourth-order valence-corrected chi connectivity index (χ4v) is 1.84. The van der Waals surface area contributed by atoms with E-state index in [-0.39, 0.29) is 0 Å². The van der Waals surface area contributed by atoms with E-state index in [2.05, 4.69) is 18.8 Å². The standard InChI is InChI=1S/C3H7OPS2/c1-2-3-7-5(4)6/h2,5H,1,3H2,(H,4,6). The molecule has 0 radical (unpaired) electrons. The molecule has 7 heavy (non-hydrogen) atoms. The third kappa shape index (κ3) is 6.67. The molecule has 0 aromatic carbocycles. The zero-order valence-electron chi connectivity index (χ0n) is 3.76. The molecule has 0 aliphatic carbocycles. The van der Waals surface area contributed by atoms with Gasteiger partial charge in [0.15, 0.2) is 6.20 Å². The van der Waals surface area contributed by atoms with E-state index in [4.69, 9.17) is 0 Å². The molecule has 0 aromatic rings. The summed E-state index contributed by atoms with van der Waals surface area (Å²) in [5.74, 6) is 0.737. The first-order valence-corrected chi connectivity index (χ1v) is 6.14. The quantitative estimate of drug-likeness (QED) is 0.381. The first kappa shape index (κ1) is 7.67. The Morgan fingerprint density at radius 1 is 2.00 bits per heavy atom. The molecule has 0 saturated heterocycles. The van der Waals surface area contributed by atoms with Crippen LogP contribution in [0.15, 0.2) is 12.7 Å². The van der Waals surface area contributed by atoms with Crippen molar-refractivity contribution in [1.82, 2.24) is 0 Å². The average Bonchev–Trinajstić information content (AvgIpc) is 1.61. The molecule has 1 unspecified atom stereocenters. The van der Waals surface area contributed by atoms with Gasteiger partial charge in [0.2, 0.25) is 0 Å². The van der Waals surface area contributed by atoms with Crippen molar-refractivity contribution in [2.45, 2.75) is 0 Å². The van der Waals surface area contributed by atoms with Gasteiger partial charge in [-0.3, -0.25) is 0 Å². The van der Waals surface area contributed by atoms with Crippen LogP contribution in [0.3, 0.4) is 0 Å². The van der Waals surface area contributed by atoms with Gasteiger partial charge in [-0.05, 0) is 0 Å². The Bertz CT molecular complexity index is 83.0. The SMILES string of the molecule is C=CCS[PH](=O)S. The van der Waals surface area contributed by atoms with Gasteiger partial charge in [-0.1, -0.05) is 17.5 Å². The second-order valence-corrected chi connectivity index (χ2v) is 6.12. The molecular formula is C3H7OPS2. The molecule has 0 bridgehead atoms. The molecule has 0 heterocycles. The van der Waals surface area contributed by atoms with Crippen molar-refractivity contribution < 1.29 is 4.57 Å². The van der Waals surface area contributed by atoms with E-state index < -0.39 is 6.20 Å². The Balaban J connectivity index is 2.97. The van der Waals surface area contributed by atoms with Gasteiger partial charge in [0.25, 0.3) is 0 Å². The van der Waals surface area contributed by atoms with E-state index in [1.807, 2.05) is 0 Å². The van der Waals surface area contributed by atoms with Gasteiger partial charge in [0.05, 0.1) is 0 Å². The van der Waals surface area contributed by atoms with Crippen LogP contribution >= 0.6 is 29.8 Å². The third-order valence-electron chi connectivity index (χ3n) is 0.325. The maximum Gasteiger partial charge on any atom is 0.177 e. The lowest BCUT2D eigenvalue weighted by molar-refractivity contribution is 0.603. The highest BCUT2D eigenvalue weighted by molar-refractivity contribution is 8.79. The van der Waals surface area contributed by atoms with Crippen molar-refractivity contribution >= 4 is 29.8 Å². The molecule has 0 fully saturated rings. The lowest BCUT2D eigenvalue weighted by Crippen LogP contribution is -1.55. The molecule has 0 aliphatic heterocycles. The summed E-state index contributed by atoms with van der Waals surface area (Å²) in [4.78, 5) is 0. The van der Waals surface area contributed by atoms with Gasteiger partial charge >= 0.3 is 0 Å². The van der Waals surface area contributed by atoms with Crippen molar-refractivity contribution in [3.8, 4) is 0 Å². The van der Waals surface area contributed by atoms with Gasteiger partial charge in [0.1, 0.15) is 0 Å². The molecule has 4 heteroatoms. The van der Waals surface area contributed by atoms with Gasteiger partial charge in [-0.25, -0.2) is 0 Å². The smallest absolute Gasteiger partial charge is 0.177 e. The fraction of sp³-hybridized carbons (Fsp3) is 0.333. The molecular weight excluding hydrogens is 147 g/mol. The second kappa shape index (κ2) is 4.82. The predicted molar refractivity (Wildman–Crippen MR) is 40.6 cm³/mol. The van der Waals surface area contributed by atoms with Crippen molar-refractivity contribution in [3.63, 3.8) is 0 Å². The summed E-state index contributed by atoms with van der Waals surface area (Å²) in [7, 11) is 0. The largest absolute Gasteiger partial charge is 0.304 e. The maximum absolute atomic E-state index is 10.2. The normalized spacial score (nSPS) is 13.3. The first-order chi connectivity index (χ1) is 3.27. The number of hydrogen-bond donors (Lipinski definition) is 1. The average molecular weight is 154 g/mol. The molecule has 1 nitrogen and oxygen atoms in total. The number of rotatable bonds is 3. The van der Waals surface area contributed by atoms with Gasteiger partial charge in [-0.2, -0.15) is 0 Å². The van der Waals surface area contributed by atoms with Crippen LogP contribution in [0.4, 0.5) is 0 Å². The highest BCUT2D eigenvalue weighted by atomic mass is 33.1. The lowest BCUT2D eigenvalue weighted by Gasteiger charge is -1.84. The first-order valence-electron chi connectivity index (χ1n) is 1.74. The van der Waals surface area contributed by atoms with Crippen LogP contribution in [0, 0.1) is 0 Å². The Labute approximate surface area is 53.3 Å². The Morgan fingerprint density at radius 2 is 2.57 bits per heavy atom. The van der Waals surface area contributed by atoms with Crippen molar-refractivity contribution in [3.05, 3.63) is 12.7 Å². The van der Waals surface area contributed by atoms with Crippen LogP contribution in [-0.4, -0.2) is 5.75 Å². The van der Waals surface area contributed by atoms with Gasteiger partial charge in [-0.15, -0.1) is 18.8 Å². The molecule has 0 rings (SSSR count). The zero-order valence-corrected chi connectivity index (χ0v) is 6.47. The summed E-state index contributed by atoms with van der Waals surface area (Å²) in [6.07, 6.45) is 0.104. The predicted octanol–water partition coefficient (Wildman–Crippen LogP) is 2.23. The second-order valence-electron chi connectivity index (χ2n) is 0.866. The van der Waals surface area contributed by atoms with E-state index in [1.165, 1.54) is 11.4 Å². The van der Waals surface area contributed by atoms with Crippen molar-refractivity contribution in [2.24, 2.45) is 0 Å². The van der Waals surface area contributed by atoms with Crippen molar-refractivity contribution in [2.75, 3.05) is 5.75 Å². The molecule has 42 valence electrons. The summed E-state index contributed by atoms with van der Waals surface area (Å²) in [6.45, 7) is 3.46.